The Morgan fingerprint density at radius 1 is 1.30 bits per heavy atom. The van der Waals surface area contributed by atoms with Gasteiger partial charge in [-0.3, -0.25) is 4.79 Å². The third-order valence-corrected chi connectivity index (χ3v) is 3.35. The van der Waals surface area contributed by atoms with E-state index in [1.807, 2.05) is 0 Å². The quantitative estimate of drug-likeness (QED) is 0.443. The normalized spacial score (nSPS) is 10.3. The van der Waals surface area contributed by atoms with Gasteiger partial charge in [-0.05, 0) is 31.4 Å². The maximum absolute atomic E-state index is 11.6. The molecular weight excluding hydrogens is 298 g/mol. The lowest BCUT2D eigenvalue weighted by Gasteiger charge is -2.08. The van der Waals surface area contributed by atoms with Crippen LogP contribution in [-0.2, 0) is 9.53 Å². The van der Waals surface area contributed by atoms with Crippen LogP contribution in [0.5, 0.6) is 5.75 Å². The van der Waals surface area contributed by atoms with Crippen LogP contribution in [0.1, 0.15) is 31.2 Å². The van der Waals surface area contributed by atoms with Gasteiger partial charge in [0.05, 0.1) is 13.7 Å². The van der Waals surface area contributed by atoms with Crippen molar-refractivity contribution in [3.8, 4) is 11.8 Å². The highest BCUT2D eigenvalue weighted by atomic mass is 16.5. The molecule has 0 spiro atoms. The largest absolute Gasteiger partial charge is 0.490 e. The summed E-state index contributed by atoms with van der Waals surface area (Å²) in [5.74, 6) is 0.257. The van der Waals surface area contributed by atoms with Crippen LogP contribution in [0.15, 0.2) is 33.5 Å². The number of carbonyl (C=O) groups excluding carboxylic acids is 1. The van der Waals surface area contributed by atoms with Crippen LogP contribution in [-0.4, -0.2) is 19.7 Å². The number of unbranched alkanes of at least 4 members (excludes halogenated alkanes) is 2. The second-order valence-electron chi connectivity index (χ2n) is 4.97. The molecule has 23 heavy (non-hydrogen) atoms. The molecule has 0 radical (unpaired) electrons. The van der Waals surface area contributed by atoms with Crippen molar-refractivity contribution in [3.05, 3.63) is 40.2 Å². The zero-order chi connectivity index (χ0) is 16.7. The fourth-order valence-electron chi connectivity index (χ4n) is 2.14. The Hall–Kier alpha value is -2.81. The van der Waals surface area contributed by atoms with Crippen LogP contribution < -0.4 is 10.4 Å². The molecule has 1 aromatic heterocycles. The molecular formula is C17H17NO5. The van der Waals surface area contributed by atoms with Crippen molar-refractivity contribution < 1.29 is 18.7 Å². The van der Waals surface area contributed by atoms with Crippen LogP contribution in [0, 0.1) is 11.3 Å². The number of benzene rings is 1. The van der Waals surface area contributed by atoms with E-state index in [4.69, 9.17) is 14.4 Å². The van der Waals surface area contributed by atoms with Crippen LogP contribution in [0.4, 0.5) is 0 Å². The van der Waals surface area contributed by atoms with E-state index in [0.29, 0.717) is 29.7 Å². The van der Waals surface area contributed by atoms with E-state index in [2.05, 4.69) is 4.74 Å². The number of carbonyl (C=O) groups is 1. The number of esters is 1. The Morgan fingerprint density at radius 3 is 2.87 bits per heavy atom. The summed E-state index contributed by atoms with van der Waals surface area (Å²) in [6, 6.07) is 8.53. The molecule has 0 fully saturated rings. The van der Waals surface area contributed by atoms with Crippen molar-refractivity contribution in [1.82, 2.24) is 0 Å². The highest BCUT2D eigenvalue weighted by Crippen LogP contribution is 2.25. The maximum atomic E-state index is 11.6. The number of methoxy groups -OCH3 is 1. The van der Waals surface area contributed by atoms with Crippen LogP contribution in [0.3, 0.4) is 0 Å². The lowest BCUT2D eigenvalue weighted by atomic mass is 10.2. The molecule has 0 amide bonds. The Labute approximate surface area is 133 Å². The molecule has 2 rings (SSSR count). The van der Waals surface area contributed by atoms with Crippen molar-refractivity contribution in [2.45, 2.75) is 25.7 Å². The number of nitrogens with zero attached hydrogens (tertiary/aromatic N) is 1. The number of nitriles is 1. The van der Waals surface area contributed by atoms with Crippen molar-refractivity contribution in [2.75, 3.05) is 13.7 Å². The monoisotopic (exact) mass is 315 g/mol. The highest BCUT2D eigenvalue weighted by molar-refractivity contribution is 5.83. The summed E-state index contributed by atoms with van der Waals surface area (Å²) in [4.78, 5) is 22.6. The minimum atomic E-state index is -0.672. The number of hydrogen-bond donors (Lipinski definition) is 0. The molecule has 120 valence electrons. The summed E-state index contributed by atoms with van der Waals surface area (Å²) in [5.41, 5.74) is -0.363. The van der Waals surface area contributed by atoms with Crippen LogP contribution >= 0.6 is 0 Å². The first-order chi connectivity index (χ1) is 11.2. The van der Waals surface area contributed by atoms with Gasteiger partial charge in [-0.1, -0.05) is 12.1 Å². The second kappa shape index (κ2) is 7.99. The summed E-state index contributed by atoms with van der Waals surface area (Å²) in [6.07, 6.45) is 2.75. The molecule has 6 nitrogen and oxygen atoms in total. The first-order valence-electron chi connectivity index (χ1n) is 7.32. The lowest BCUT2D eigenvalue weighted by Crippen LogP contribution is -2.05. The summed E-state index contributed by atoms with van der Waals surface area (Å²) >= 11 is 0. The van der Waals surface area contributed by atoms with Gasteiger partial charge in [0.15, 0.2) is 11.3 Å². The molecule has 0 unspecified atom stereocenters. The fraction of sp³-hybridized carbons (Fsp3) is 0.353. The van der Waals surface area contributed by atoms with Crippen LogP contribution in [0.25, 0.3) is 11.0 Å². The molecule has 0 atom stereocenters. The van der Waals surface area contributed by atoms with E-state index in [-0.39, 0.29) is 11.5 Å². The summed E-state index contributed by atoms with van der Waals surface area (Å²) < 4.78 is 15.4. The molecule has 0 aliphatic carbocycles. The molecule has 6 heteroatoms. The van der Waals surface area contributed by atoms with Gasteiger partial charge in [-0.2, -0.15) is 5.26 Å². The van der Waals surface area contributed by atoms with Gasteiger partial charge < -0.3 is 13.9 Å². The number of hydrogen-bond acceptors (Lipinski definition) is 6. The van der Waals surface area contributed by atoms with E-state index < -0.39 is 5.63 Å². The van der Waals surface area contributed by atoms with Gasteiger partial charge in [0.1, 0.15) is 11.6 Å². The van der Waals surface area contributed by atoms with Gasteiger partial charge in [-0.15, -0.1) is 0 Å². The van der Waals surface area contributed by atoms with Crippen molar-refractivity contribution in [3.63, 3.8) is 0 Å². The van der Waals surface area contributed by atoms with Crippen molar-refractivity contribution in [2.24, 2.45) is 0 Å². The minimum absolute atomic E-state index is 0.0301. The van der Waals surface area contributed by atoms with Crippen molar-refractivity contribution >= 4 is 16.9 Å². The predicted octanol–water partition coefficient (Wildman–Crippen LogP) is 2.78. The first-order valence-corrected chi connectivity index (χ1v) is 7.32. The van der Waals surface area contributed by atoms with E-state index >= 15 is 0 Å². The molecule has 0 N–H and O–H groups in total. The second-order valence-corrected chi connectivity index (χ2v) is 4.97. The molecule has 0 aliphatic heterocycles. The lowest BCUT2D eigenvalue weighted by molar-refractivity contribution is -0.140. The number of rotatable bonds is 7. The van der Waals surface area contributed by atoms with Crippen LogP contribution in [0.2, 0.25) is 0 Å². The topological polar surface area (TPSA) is 89.5 Å². The molecule has 0 saturated heterocycles. The Balaban J connectivity index is 1.96. The average Bonchev–Trinajstić information content (AvgIpc) is 2.57. The molecule has 0 bridgehead atoms. The van der Waals surface area contributed by atoms with Gasteiger partial charge in [-0.25, -0.2) is 4.79 Å². The van der Waals surface area contributed by atoms with E-state index in [0.717, 1.165) is 19.3 Å². The van der Waals surface area contributed by atoms with Crippen molar-refractivity contribution in [1.29, 1.82) is 5.26 Å². The standard InChI is InChI=1S/C17H17NO5/c1-21-15(19)8-3-2-4-9-22-14-7-5-6-12-10-13(11-18)17(20)23-16(12)14/h5-7,10H,2-4,8-9H2,1H3. The Bertz CT molecular complexity index is 788. The van der Waals surface area contributed by atoms with Gasteiger partial charge in [0.25, 0.3) is 0 Å². The van der Waals surface area contributed by atoms with Gasteiger partial charge >= 0.3 is 11.6 Å². The zero-order valence-electron chi connectivity index (χ0n) is 12.8. The minimum Gasteiger partial charge on any atom is -0.490 e. The number of fused-ring (bicyclic) bond motifs is 1. The maximum Gasteiger partial charge on any atom is 0.354 e. The average molecular weight is 315 g/mol. The molecule has 0 aliphatic rings. The SMILES string of the molecule is COC(=O)CCCCCOc1cccc2cc(C#N)c(=O)oc12. The summed E-state index contributed by atoms with van der Waals surface area (Å²) in [5, 5.41) is 9.50. The third kappa shape index (κ3) is 4.33. The highest BCUT2D eigenvalue weighted by Gasteiger charge is 2.09. The Kier molecular flexibility index (Phi) is 5.75. The predicted molar refractivity (Wildman–Crippen MR) is 83.2 cm³/mol. The Morgan fingerprint density at radius 2 is 2.13 bits per heavy atom. The smallest absolute Gasteiger partial charge is 0.354 e. The van der Waals surface area contributed by atoms with E-state index in [1.165, 1.54) is 13.2 Å². The van der Waals surface area contributed by atoms with Gasteiger partial charge in [0.2, 0.25) is 0 Å². The van der Waals surface area contributed by atoms with E-state index in [1.54, 1.807) is 24.3 Å². The third-order valence-electron chi connectivity index (χ3n) is 3.35. The fourth-order valence-corrected chi connectivity index (χ4v) is 2.14. The number of ether oxygens (including phenoxy) is 2. The number of para-hydroxylation sites is 1. The van der Waals surface area contributed by atoms with Gasteiger partial charge in [0, 0.05) is 11.8 Å². The summed E-state index contributed by atoms with van der Waals surface area (Å²) in [6.45, 7) is 0.448. The molecule has 1 heterocycles. The first kappa shape index (κ1) is 16.6. The summed E-state index contributed by atoms with van der Waals surface area (Å²) in [7, 11) is 1.37. The molecule has 1 aromatic carbocycles. The zero-order valence-corrected chi connectivity index (χ0v) is 12.8. The molecule has 0 saturated carbocycles. The molecule has 2 aromatic rings. The van der Waals surface area contributed by atoms with E-state index in [9.17, 15) is 9.59 Å².